The zero-order valence-electron chi connectivity index (χ0n) is 20.5. The summed E-state index contributed by atoms with van der Waals surface area (Å²) in [5, 5.41) is 12.2. The van der Waals surface area contributed by atoms with Gasteiger partial charge in [-0.15, -0.1) is 0 Å². The molecule has 0 saturated carbocycles. The molecule has 1 aromatic heterocycles. The molecule has 1 amide bonds. The molecule has 4 rings (SSSR count). The summed E-state index contributed by atoms with van der Waals surface area (Å²) < 4.78 is 23.1. The first-order valence-corrected chi connectivity index (χ1v) is 13.1. The van der Waals surface area contributed by atoms with Crippen LogP contribution in [-0.2, 0) is 4.79 Å². The second-order valence-electron chi connectivity index (χ2n) is 8.22. The molecule has 1 aliphatic rings. The van der Waals surface area contributed by atoms with Crippen molar-refractivity contribution >= 4 is 23.6 Å². The number of methoxy groups -OCH3 is 1. The van der Waals surface area contributed by atoms with Crippen molar-refractivity contribution in [1.29, 1.82) is 0 Å². The van der Waals surface area contributed by atoms with E-state index in [1.54, 1.807) is 49.7 Å². The fourth-order valence-electron chi connectivity index (χ4n) is 3.86. The first kappa shape index (κ1) is 26.2. The van der Waals surface area contributed by atoms with E-state index >= 15 is 0 Å². The molecular weight excluding hydrogens is 496 g/mol. The molecule has 2 heterocycles. The van der Waals surface area contributed by atoms with Crippen LogP contribution in [0.1, 0.15) is 16.8 Å². The van der Waals surface area contributed by atoms with Gasteiger partial charge in [0, 0.05) is 22.9 Å². The number of carboxylic acids is 1. The maximum absolute atomic E-state index is 13.2. The summed E-state index contributed by atoms with van der Waals surface area (Å²) in [6.45, 7) is 0.498. The fraction of sp³-hybridized carbons (Fsp3) is 0.296. The average molecular weight is 525 g/mol. The number of benzene rings is 2. The van der Waals surface area contributed by atoms with E-state index in [0.717, 1.165) is 0 Å². The van der Waals surface area contributed by atoms with Crippen LogP contribution in [-0.4, -0.2) is 66.4 Å². The lowest BCUT2D eigenvalue weighted by Gasteiger charge is -2.25. The molecule has 10 heteroatoms. The molecule has 2 atom stereocenters. The summed E-state index contributed by atoms with van der Waals surface area (Å²) in [7, 11) is 1.55. The van der Waals surface area contributed by atoms with E-state index in [4.69, 9.17) is 18.9 Å². The number of hydrogen-bond acceptors (Lipinski definition) is 8. The zero-order valence-corrected chi connectivity index (χ0v) is 21.3. The third kappa shape index (κ3) is 6.45. The van der Waals surface area contributed by atoms with Crippen molar-refractivity contribution in [3.8, 4) is 34.3 Å². The molecule has 9 nitrogen and oxygen atoms in total. The van der Waals surface area contributed by atoms with Crippen LogP contribution in [0, 0.1) is 0 Å². The number of hydrogen-bond donors (Lipinski definition) is 2. The molecular formula is C27H28N2O7S. The Morgan fingerprint density at radius 2 is 2.03 bits per heavy atom. The Morgan fingerprint density at radius 1 is 1.19 bits per heavy atom. The highest BCUT2D eigenvalue weighted by molar-refractivity contribution is 7.98. The Balaban J connectivity index is 1.58. The van der Waals surface area contributed by atoms with Gasteiger partial charge in [-0.25, -0.2) is 9.78 Å². The van der Waals surface area contributed by atoms with Gasteiger partial charge in [-0.3, -0.25) is 4.79 Å². The van der Waals surface area contributed by atoms with Crippen molar-refractivity contribution in [2.45, 2.75) is 18.6 Å². The topological polar surface area (TPSA) is 116 Å². The van der Waals surface area contributed by atoms with Crippen molar-refractivity contribution in [3.63, 3.8) is 0 Å². The third-order valence-electron chi connectivity index (χ3n) is 5.72. The molecule has 0 fully saturated rings. The summed E-state index contributed by atoms with van der Waals surface area (Å²) in [6.07, 6.45) is 3.49. The molecule has 0 unspecified atom stereocenters. The fourth-order valence-corrected chi connectivity index (χ4v) is 4.33. The molecule has 0 radical (unpaired) electrons. The van der Waals surface area contributed by atoms with Gasteiger partial charge in [0.15, 0.2) is 11.9 Å². The molecule has 194 valence electrons. The van der Waals surface area contributed by atoms with Crippen LogP contribution in [0.3, 0.4) is 0 Å². The van der Waals surface area contributed by atoms with E-state index in [2.05, 4.69) is 10.3 Å². The predicted molar refractivity (Wildman–Crippen MR) is 140 cm³/mol. The van der Waals surface area contributed by atoms with Crippen molar-refractivity contribution in [2.24, 2.45) is 0 Å². The Kier molecular flexibility index (Phi) is 8.73. The Hall–Kier alpha value is -3.92. The number of amides is 1. The summed E-state index contributed by atoms with van der Waals surface area (Å²) in [5.41, 5.74) is 1.54. The lowest BCUT2D eigenvalue weighted by molar-refractivity contribution is -0.139. The second kappa shape index (κ2) is 12.4. The Labute approximate surface area is 219 Å². The normalized spacial score (nSPS) is 14.9. The van der Waals surface area contributed by atoms with Crippen molar-refractivity contribution in [3.05, 3.63) is 66.4 Å². The van der Waals surface area contributed by atoms with Gasteiger partial charge in [0.05, 0.1) is 7.11 Å². The van der Waals surface area contributed by atoms with Gasteiger partial charge in [-0.2, -0.15) is 11.8 Å². The van der Waals surface area contributed by atoms with Crippen LogP contribution in [0.4, 0.5) is 0 Å². The minimum absolute atomic E-state index is 0.209. The van der Waals surface area contributed by atoms with E-state index in [0.29, 0.717) is 52.0 Å². The molecule has 37 heavy (non-hydrogen) atoms. The average Bonchev–Trinajstić information content (AvgIpc) is 2.93. The predicted octanol–water partition coefficient (Wildman–Crippen LogP) is 3.91. The molecule has 0 saturated heterocycles. The van der Waals surface area contributed by atoms with Gasteiger partial charge in [-0.1, -0.05) is 18.2 Å². The van der Waals surface area contributed by atoms with E-state index in [1.165, 1.54) is 11.8 Å². The lowest BCUT2D eigenvalue weighted by Crippen LogP contribution is -2.41. The van der Waals surface area contributed by atoms with Gasteiger partial charge in [0.25, 0.3) is 11.8 Å². The lowest BCUT2D eigenvalue weighted by atomic mass is 9.97. The van der Waals surface area contributed by atoms with Crippen molar-refractivity contribution in [1.82, 2.24) is 10.3 Å². The highest BCUT2D eigenvalue weighted by atomic mass is 32.2. The van der Waals surface area contributed by atoms with Gasteiger partial charge >= 0.3 is 5.97 Å². The standard InChI is InChI=1S/C27H28N2O7S/c1-33-23-7-4-3-6-19(23)21-14-17(34-15-18-16-35-26-24(36-18)8-5-12-28-26)9-10-20(21)25(30)29-22(27(31)32)11-13-37-2/h3-10,12,14,18,22H,11,13,15-16H2,1-2H3,(H,29,30)(H,31,32)/t18-,22-/m1/s1. The molecule has 2 N–H and O–H groups in total. The number of carbonyl (C=O) groups is 2. The summed E-state index contributed by atoms with van der Waals surface area (Å²) in [6, 6.07) is 14.9. The van der Waals surface area contributed by atoms with Gasteiger partial charge < -0.3 is 29.4 Å². The van der Waals surface area contributed by atoms with Crippen LogP contribution in [0.25, 0.3) is 11.1 Å². The smallest absolute Gasteiger partial charge is 0.326 e. The molecule has 1 aliphatic heterocycles. The van der Waals surface area contributed by atoms with Crippen LogP contribution >= 0.6 is 11.8 Å². The SMILES string of the molecule is COc1ccccc1-c1cc(OC[C@@H]2COc3ncccc3O2)ccc1C(=O)N[C@H](CCSC)C(=O)O. The molecule has 3 aromatic rings. The Bertz CT molecular complexity index is 1250. The molecule has 2 aromatic carbocycles. The number of rotatable bonds is 11. The minimum atomic E-state index is -1.08. The molecule has 0 bridgehead atoms. The van der Waals surface area contributed by atoms with E-state index in [-0.39, 0.29) is 19.3 Å². The summed E-state index contributed by atoms with van der Waals surface area (Å²) >= 11 is 1.52. The maximum atomic E-state index is 13.2. The minimum Gasteiger partial charge on any atom is -0.496 e. The van der Waals surface area contributed by atoms with Crippen LogP contribution in [0.5, 0.6) is 23.1 Å². The number of nitrogens with zero attached hydrogens (tertiary/aromatic N) is 1. The number of pyridine rings is 1. The number of para-hydroxylation sites is 1. The number of nitrogens with one attached hydrogen (secondary N) is 1. The number of carboxylic acid groups (broad SMARTS) is 1. The highest BCUT2D eigenvalue weighted by Crippen LogP contribution is 2.35. The van der Waals surface area contributed by atoms with Crippen molar-refractivity contribution < 1.29 is 33.6 Å². The van der Waals surface area contributed by atoms with Gasteiger partial charge in [0.2, 0.25) is 0 Å². The first-order valence-electron chi connectivity index (χ1n) is 11.7. The third-order valence-corrected chi connectivity index (χ3v) is 6.36. The number of ether oxygens (including phenoxy) is 4. The maximum Gasteiger partial charge on any atom is 0.326 e. The number of aromatic nitrogens is 1. The zero-order chi connectivity index (χ0) is 26.2. The summed E-state index contributed by atoms with van der Waals surface area (Å²) in [4.78, 5) is 29.1. The summed E-state index contributed by atoms with van der Waals surface area (Å²) in [5.74, 6) is 1.12. The van der Waals surface area contributed by atoms with E-state index in [1.807, 2.05) is 24.5 Å². The molecule has 0 aliphatic carbocycles. The van der Waals surface area contributed by atoms with Crippen LogP contribution in [0.15, 0.2) is 60.8 Å². The van der Waals surface area contributed by atoms with Crippen LogP contribution in [0.2, 0.25) is 0 Å². The Morgan fingerprint density at radius 3 is 2.81 bits per heavy atom. The number of aliphatic carboxylic acids is 1. The van der Waals surface area contributed by atoms with Crippen LogP contribution < -0.4 is 24.3 Å². The quantitative estimate of drug-likeness (QED) is 0.385. The van der Waals surface area contributed by atoms with E-state index < -0.39 is 17.9 Å². The number of thioether (sulfide) groups is 1. The largest absolute Gasteiger partial charge is 0.496 e. The number of carbonyl (C=O) groups excluding carboxylic acids is 1. The van der Waals surface area contributed by atoms with Crippen molar-refractivity contribution in [2.75, 3.05) is 32.3 Å². The highest BCUT2D eigenvalue weighted by Gasteiger charge is 2.25. The second-order valence-corrected chi connectivity index (χ2v) is 9.21. The molecule has 0 spiro atoms. The first-order chi connectivity index (χ1) is 18.0. The number of fused-ring (bicyclic) bond motifs is 1. The monoisotopic (exact) mass is 524 g/mol. The van der Waals surface area contributed by atoms with Gasteiger partial charge in [0.1, 0.15) is 30.8 Å². The van der Waals surface area contributed by atoms with E-state index in [9.17, 15) is 14.7 Å². The van der Waals surface area contributed by atoms with Gasteiger partial charge in [-0.05, 0) is 54.8 Å².